The molecule has 6 heteroatoms. The number of hydrogen-bond acceptors (Lipinski definition) is 4. The van der Waals surface area contributed by atoms with E-state index in [1.54, 1.807) is 29.9 Å². The summed E-state index contributed by atoms with van der Waals surface area (Å²) in [4.78, 5) is 15.5. The van der Waals surface area contributed by atoms with Crippen molar-refractivity contribution in [2.45, 2.75) is 6.92 Å². The number of fused-ring (bicyclic) bond motifs is 1. The van der Waals surface area contributed by atoms with Crippen molar-refractivity contribution in [2.24, 2.45) is 0 Å². The van der Waals surface area contributed by atoms with Gasteiger partial charge in [0.05, 0.1) is 6.61 Å². The van der Waals surface area contributed by atoms with Gasteiger partial charge < -0.3 is 4.74 Å². The number of halogens is 1. The van der Waals surface area contributed by atoms with Gasteiger partial charge in [0, 0.05) is 22.0 Å². The molecule has 0 aliphatic heterocycles. The highest BCUT2D eigenvalue weighted by molar-refractivity contribution is 14.1. The molecule has 15 heavy (non-hydrogen) atoms. The summed E-state index contributed by atoms with van der Waals surface area (Å²) in [5.41, 5.74) is 0.921. The summed E-state index contributed by atoms with van der Waals surface area (Å²) >= 11 is 2.13. The topological polar surface area (TPSA) is 56.5 Å². The van der Waals surface area contributed by atoms with Crippen LogP contribution in [0.2, 0.25) is 0 Å². The molecular weight excluding hydrogens is 309 g/mol. The number of ether oxygens (including phenoxy) is 1. The molecule has 0 aromatic carbocycles. The zero-order valence-corrected chi connectivity index (χ0v) is 10.1. The van der Waals surface area contributed by atoms with E-state index < -0.39 is 5.97 Å². The normalized spacial score (nSPS) is 10.5. The minimum atomic E-state index is -0.419. The van der Waals surface area contributed by atoms with Gasteiger partial charge >= 0.3 is 5.97 Å². The summed E-state index contributed by atoms with van der Waals surface area (Å²) < 4.78 is 7.36. The van der Waals surface area contributed by atoms with Crippen molar-refractivity contribution in [2.75, 3.05) is 6.61 Å². The summed E-state index contributed by atoms with van der Waals surface area (Å²) in [5.74, 6) is -0.419. The lowest BCUT2D eigenvalue weighted by Gasteiger charge is -1.95. The molecule has 5 nitrogen and oxygen atoms in total. The first-order chi connectivity index (χ1) is 7.20. The monoisotopic (exact) mass is 317 g/mol. The first kappa shape index (κ1) is 10.3. The Morgan fingerprint density at radius 2 is 2.47 bits per heavy atom. The molecule has 0 aliphatic carbocycles. The number of esters is 1. The molecule has 0 aliphatic rings. The van der Waals surface area contributed by atoms with Crippen LogP contribution in [-0.2, 0) is 4.74 Å². The van der Waals surface area contributed by atoms with Gasteiger partial charge in [-0.3, -0.25) is 0 Å². The van der Waals surface area contributed by atoms with Crippen molar-refractivity contribution >= 4 is 34.2 Å². The molecule has 2 aromatic heterocycles. The summed E-state index contributed by atoms with van der Waals surface area (Å²) in [6.45, 7) is 2.10. The molecule has 0 saturated heterocycles. The Hall–Kier alpha value is -1.18. The van der Waals surface area contributed by atoms with E-state index >= 15 is 0 Å². The van der Waals surface area contributed by atoms with Gasteiger partial charge in [0.2, 0.25) is 0 Å². The maximum Gasteiger partial charge on any atom is 0.358 e. The Kier molecular flexibility index (Phi) is 2.85. The van der Waals surface area contributed by atoms with Crippen molar-refractivity contribution in [1.29, 1.82) is 0 Å². The van der Waals surface area contributed by atoms with Gasteiger partial charge in [0.25, 0.3) is 0 Å². The first-order valence-corrected chi connectivity index (χ1v) is 5.46. The third-order valence-corrected chi connectivity index (χ3v) is 2.32. The number of rotatable bonds is 2. The lowest BCUT2D eigenvalue weighted by Crippen LogP contribution is -2.05. The van der Waals surface area contributed by atoms with Crippen molar-refractivity contribution in [3.8, 4) is 0 Å². The van der Waals surface area contributed by atoms with Gasteiger partial charge in [0.1, 0.15) is 0 Å². The van der Waals surface area contributed by atoms with E-state index in [0.717, 1.165) is 3.57 Å². The molecule has 2 aromatic rings. The molecule has 0 spiro atoms. The lowest BCUT2D eigenvalue weighted by molar-refractivity contribution is 0.0519. The van der Waals surface area contributed by atoms with Crippen LogP contribution in [0.25, 0.3) is 5.65 Å². The van der Waals surface area contributed by atoms with E-state index in [9.17, 15) is 4.79 Å². The average molecular weight is 317 g/mol. The van der Waals surface area contributed by atoms with Crippen LogP contribution < -0.4 is 0 Å². The third kappa shape index (κ3) is 2.09. The third-order valence-electron chi connectivity index (χ3n) is 1.77. The first-order valence-electron chi connectivity index (χ1n) is 4.38. The molecular formula is C9H8IN3O2. The average Bonchev–Trinajstić information content (AvgIpc) is 2.60. The van der Waals surface area contributed by atoms with Crippen molar-refractivity contribution in [3.63, 3.8) is 0 Å². The standard InChI is InChI=1S/C9H8IN3O2/c1-2-15-9(14)7-3-8-11-4-6(10)5-13(8)12-7/h3-5H,2H2,1H3. The predicted molar refractivity (Wildman–Crippen MR) is 61.7 cm³/mol. The minimum Gasteiger partial charge on any atom is -0.461 e. The summed E-state index contributed by atoms with van der Waals surface area (Å²) in [5, 5.41) is 4.07. The van der Waals surface area contributed by atoms with E-state index in [1.807, 2.05) is 0 Å². The Labute approximate surface area is 99.6 Å². The highest BCUT2D eigenvalue weighted by Crippen LogP contribution is 2.08. The SMILES string of the molecule is CCOC(=O)c1cc2ncc(I)cn2n1. The largest absolute Gasteiger partial charge is 0.461 e. The molecule has 0 fully saturated rings. The van der Waals surface area contributed by atoms with Crippen molar-refractivity contribution in [1.82, 2.24) is 14.6 Å². The van der Waals surface area contributed by atoms with Crippen LogP contribution >= 0.6 is 22.6 Å². The van der Waals surface area contributed by atoms with Gasteiger partial charge in [-0.15, -0.1) is 0 Å². The van der Waals surface area contributed by atoms with Gasteiger partial charge in [-0.2, -0.15) is 5.10 Å². The number of nitrogens with zero attached hydrogens (tertiary/aromatic N) is 3. The lowest BCUT2D eigenvalue weighted by atomic mass is 10.4. The number of hydrogen-bond donors (Lipinski definition) is 0. The molecule has 0 saturated carbocycles. The van der Waals surface area contributed by atoms with Crippen LogP contribution in [0.5, 0.6) is 0 Å². The maximum absolute atomic E-state index is 11.4. The smallest absolute Gasteiger partial charge is 0.358 e. The second-order valence-corrected chi connectivity index (χ2v) is 4.07. The fraction of sp³-hybridized carbons (Fsp3) is 0.222. The van der Waals surface area contributed by atoms with Crippen LogP contribution in [0.15, 0.2) is 18.5 Å². The molecule has 0 atom stereocenters. The summed E-state index contributed by atoms with van der Waals surface area (Å²) in [7, 11) is 0. The fourth-order valence-electron chi connectivity index (χ4n) is 1.16. The minimum absolute atomic E-state index is 0.284. The zero-order valence-electron chi connectivity index (χ0n) is 7.98. The van der Waals surface area contributed by atoms with Crippen LogP contribution in [0.3, 0.4) is 0 Å². The Morgan fingerprint density at radius 3 is 3.20 bits per heavy atom. The van der Waals surface area contributed by atoms with Gasteiger partial charge in [-0.05, 0) is 29.5 Å². The molecule has 78 valence electrons. The van der Waals surface area contributed by atoms with Gasteiger partial charge in [-0.1, -0.05) is 0 Å². The fourth-order valence-corrected chi connectivity index (χ4v) is 1.56. The van der Waals surface area contributed by atoms with Crippen LogP contribution in [-0.4, -0.2) is 27.2 Å². The van der Waals surface area contributed by atoms with Crippen LogP contribution in [0.4, 0.5) is 0 Å². The number of aromatic nitrogens is 3. The van der Waals surface area contributed by atoms with Crippen LogP contribution in [0.1, 0.15) is 17.4 Å². The Balaban J connectivity index is 2.42. The summed E-state index contributed by atoms with van der Waals surface area (Å²) in [6.07, 6.45) is 3.51. The van der Waals surface area contributed by atoms with E-state index in [2.05, 4.69) is 32.7 Å². The Bertz CT molecular complexity index is 509. The van der Waals surface area contributed by atoms with E-state index in [1.165, 1.54) is 0 Å². The molecule has 0 bridgehead atoms. The van der Waals surface area contributed by atoms with Gasteiger partial charge in [0.15, 0.2) is 11.3 Å². The second kappa shape index (κ2) is 4.13. The maximum atomic E-state index is 11.4. The van der Waals surface area contributed by atoms with E-state index in [0.29, 0.717) is 12.3 Å². The predicted octanol–water partition coefficient (Wildman–Crippen LogP) is 1.51. The second-order valence-electron chi connectivity index (χ2n) is 2.82. The molecule has 0 amide bonds. The quantitative estimate of drug-likeness (QED) is 0.622. The van der Waals surface area contributed by atoms with Gasteiger partial charge in [-0.25, -0.2) is 14.3 Å². The molecule has 0 unspecified atom stereocenters. The van der Waals surface area contributed by atoms with Crippen molar-refractivity contribution < 1.29 is 9.53 Å². The highest BCUT2D eigenvalue weighted by Gasteiger charge is 2.11. The van der Waals surface area contributed by atoms with Crippen molar-refractivity contribution in [3.05, 3.63) is 27.7 Å². The number of carbonyl (C=O) groups is 1. The van der Waals surface area contributed by atoms with Crippen LogP contribution in [0, 0.1) is 3.57 Å². The summed E-state index contributed by atoms with van der Waals surface area (Å²) in [6, 6.07) is 1.61. The zero-order chi connectivity index (χ0) is 10.8. The number of carbonyl (C=O) groups excluding carboxylic acids is 1. The molecule has 0 radical (unpaired) electrons. The van der Waals surface area contributed by atoms with E-state index in [-0.39, 0.29) is 5.69 Å². The molecule has 0 N–H and O–H groups in total. The van der Waals surface area contributed by atoms with E-state index in [4.69, 9.17) is 4.74 Å². The Morgan fingerprint density at radius 1 is 1.67 bits per heavy atom. The molecule has 2 heterocycles. The highest BCUT2D eigenvalue weighted by atomic mass is 127. The molecule has 2 rings (SSSR count).